The predicted octanol–water partition coefficient (Wildman–Crippen LogP) is 2.59. The number of nitrogens with zero attached hydrogens (tertiary/aromatic N) is 1. The van der Waals surface area contributed by atoms with Crippen molar-refractivity contribution < 1.29 is 0 Å². The summed E-state index contributed by atoms with van der Waals surface area (Å²) in [6.07, 6.45) is 7.76. The molecule has 2 rings (SSSR count). The summed E-state index contributed by atoms with van der Waals surface area (Å²) in [5.74, 6) is 0.796. The summed E-state index contributed by atoms with van der Waals surface area (Å²) < 4.78 is 0. The van der Waals surface area contributed by atoms with E-state index in [-0.39, 0.29) is 0 Å². The van der Waals surface area contributed by atoms with E-state index in [1.54, 1.807) is 0 Å². The van der Waals surface area contributed by atoms with Gasteiger partial charge in [0.25, 0.3) is 0 Å². The van der Waals surface area contributed by atoms with Crippen LogP contribution in [0.1, 0.15) is 39.5 Å². The van der Waals surface area contributed by atoms with Crippen LogP contribution < -0.4 is 5.32 Å². The van der Waals surface area contributed by atoms with E-state index in [1.807, 2.05) is 0 Å². The molecule has 1 saturated carbocycles. The van der Waals surface area contributed by atoms with E-state index >= 15 is 0 Å². The molecular formula is C14H28N2S. The molecular weight excluding hydrogens is 228 g/mol. The van der Waals surface area contributed by atoms with E-state index < -0.39 is 0 Å². The molecule has 0 aromatic rings. The van der Waals surface area contributed by atoms with Crippen LogP contribution in [0.5, 0.6) is 0 Å². The fraction of sp³-hybridized carbons (Fsp3) is 1.00. The van der Waals surface area contributed by atoms with Crippen molar-refractivity contribution in [3.05, 3.63) is 0 Å². The van der Waals surface area contributed by atoms with Gasteiger partial charge in [-0.3, -0.25) is 0 Å². The molecule has 1 N–H and O–H groups in total. The van der Waals surface area contributed by atoms with E-state index in [0.29, 0.717) is 0 Å². The Kier molecular flexibility index (Phi) is 4.79. The van der Waals surface area contributed by atoms with Gasteiger partial charge in [0.2, 0.25) is 0 Å². The quantitative estimate of drug-likeness (QED) is 0.835. The van der Waals surface area contributed by atoms with Crippen LogP contribution in [0.2, 0.25) is 0 Å². The average Bonchev–Trinajstić information content (AvgIpc) is 2.73. The van der Waals surface area contributed by atoms with Crippen molar-refractivity contribution in [1.29, 1.82) is 0 Å². The Morgan fingerprint density at radius 2 is 1.94 bits per heavy atom. The Bertz CT molecular complexity index is 246. The molecule has 5 unspecified atom stereocenters. The predicted molar refractivity (Wildman–Crippen MR) is 77.7 cm³/mol. The number of likely N-dealkylation sites (tertiary alicyclic amines) is 1. The molecule has 0 spiro atoms. The van der Waals surface area contributed by atoms with Crippen LogP contribution in [0, 0.1) is 5.92 Å². The van der Waals surface area contributed by atoms with Gasteiger partial charge in [-0.15, -0.1) is 0 Å². The molecule has 1 saturated heterocycles. The maximum atomic E-state index is 3.94. The fourth-order valence-electron chi connectivity index (χ4n) is 3.38. The molecule has 1 aliphatic carbocycles. The molecule has 1 aliphatic heterocycles. The van der Waals surface area contributed by atoms with Crippen molar-refractivity contribution >= 4 is 11.8 Å². The topological polar surface area (TPSA) is 15.3 Å². The van der Waals surface area contributed by atoms with Gasteiger partial charge in [-0.1, -0.05) is 6.92 Å². The van der Waals surface area contributed by atoms with Crippen molar-refractivity contribution in [2.45, 2.75) is 62.9 Å². The van der Waals surface area contributed by atoms with Crippen molar-refractivity contribution in [2.75, 3.05) is 19.8 Å². The maximum Gasteiger partial charge on any atom is 0.0122 e. The molecule has 1 heterocycles. The van der Waals surface area contributed by atoms with Gasteiger partial charge in [-0.25, -0.2) is 0 Å². The Hall–Kier alpha value is 0.270. The average molecular weight is 256 g/mol. The lowest BCUT2D eigenvalue weighted by molar-refractivity contribution is 0.116. The first-order valence-electron chi connectivity index (χ1n) is 7.09. The SMILES string of the molecule is CSC1CCC(NC2CC(C)N(C)CC2C)C1. The Morgan fingerprint density at radius 3 is 2.59 bits per heavy atom. The molecule has 2 nitrogen and oxygen atoms in total. The van der Waals surface area contributed by atoms with E-state index in [2.05, 4.69) is 49.1 Å². The van der Waals surface area contributed by atoms with Gasteiger partial charge >= 0.3 is 0 Å². The van der Waals surface area contributed by atoms with E-state index in [0.717, 1.165) is 29.3 Å². The second kappa shape index (κ2) is 5.94. The van der Waals surface area contributed by atoms with Gasteiger partial charge in [-0.05, 0) is 51.8 Å². The highest BCUT2D eigenvalue weighted by molar-refractivity contribution is 7.99. The van der Waals surface area contributed by atoms with Gasteiger partial charge in [0.1, 0.15) is 0 Å². The Morgan fingerprint density at radius 1 is 1.18 bits per heavy atom. The summed E-state index contributed by atoms with van der Waals surface area (Å²) in [7, 11) is 2.26. The first-order chi connectivity index (χ1) is 8.10. The minimum Gasteiger partial charge on any atom is -0.311 e. The largest absolute Gasteiger partial charge is 0.311 e. The van der Waals surface area contributed by atoms with Gasteiger partial charge < -0.3 is 10.2 Å². The van der Waals surface area contributed by atoms with Crippen LogP contribution in [0.3, 0.4) is 0 Å². The minimum absolute atomic E-state index is 0.737. The highest BCUT2D eigenvalue weighted by Gasteiger charge is 2.32. The van der Waals surface area contributed by atoms with Crippen molar-refractivity contribution in [1.82, 2.24) is 10.2 Å². The van der Waals surface area contributed by atoms with Crippen LogP contribution >= 0.6 is 11.8 Å². The molecule has 0 aromatic heterocycles. The van der Waals surface area contributed by atoms with Crippen molar-refractivity contribution in [3.63, 3.8) is 0 Å². The molecule has 0 amide bonds. The number of hydrogen-bond donors (Lipinski definition) is 1. The van der Waals surface area contributed by atoms with E-state index in [1.165, 1.54) is 32.2 Å². The van der Waals surface area contributed by atoms with Crippen LogP contribution in [0.4, 0.5) is 0 Å². The summed E-state index contributed by atoms with van der Waals surface area (Å²) in [6, 6.07) is 2.27. The molecule has 0 aromatic carbocycles. The van der Waals surface area contributed by atoms with Crippen LogP contribution in [0.25, 0.3) is 0 Å². The number of piperidine rings is 1. The Balaban J connectivity index is 1.82. The third-order valence-electron chi connectivity index (χ3n) is 4.78. The summed E-state index contributed by atoms with van der Waals surface area (Å²) in [6.45, 7) is 6.01. The number of rotatable bonds is 3. The summed E-state index contributed by atoms with van der Waals surface area (Å²) in [4.78, 5) is 2.50. The van der Waals surface area contributed by atoms with E-state index in [4.69, 9.17) is 0 Å². The second-order valence-corrected chi connectivity index (χ2v) is 7.28. The molecule has 2 fully saturated rings. The minimum atomic E-state index is 0.737. The summed E-state index contributed by atoms with van der Waals surface area (Å²) >= 11 is 2.05. The van der Waals surface area contributed by atoms with Gasteiger partial charge in [0.15, 0.2) is 0 Å². The zero-order chi connectivity index (χ0) is 12.4. The maximum absolute atomic E-state index is 3.94. The summed E-state index contributed by atoms with van der Waals surface area (Å²) in [5, 5.41) is 4.85. The Labute approximate surface area is 111 Å². The lowest BCUT2D eigenvalue weighted by Gasteiger charge is -2.41. The van der Waals surface area contributed by atoms with Gasteiger partial charge in [0.05, 0.1) is 0 Å². The molecule has 3 heteroatoms. The van der Waals surface area contributed by atoms with Crippen LogP contribution in [0.15, 0.2) is 0 Å². The molecule has 0 bridgehead atoms. The number of nitrogens with one attached hydrogen (secondary N) is 1. The summed E-state index contributed by atoms with van der Waals surface area (Å²) in [5.41, 5.74) is 0. The lowest BCUT2D eigenvalue weighted by atomic mass is 9.89. The van der Waals surface area contributed by atoms with Gasteiger partial charge in [0, 0.05) is 29.9 Å². The zero-order valence-electron chi connectivity index (χ0n) is 11.8. The molecule has 5 atom stereocenters. The van der Waals surface area contributed by atoms with E-state index in [9.17, 15) is 0 Å². The third-order valence-corrected chi connectivity index (χ3v) is 5.87. The second-order valence-electron chi connectivity index (χ2n) is 6.14. The molecule has 17 heavy (non-hydrogen) atoms. The standard InChI is InChI=1S/C14H28N2S/c1-10-9-16(3)11(2)7-14(10)15-12-5-6-13(8-12)17-4/h10-15H,5-9H2,1-4H3. The van der Waals surface area contributed by atoms with Gasteiger partial charge in [-0.2, -0.15) is 11.8 Å². The number of thioether (sulfide) groups is 1. The first kappa shape index (κ1) is 13.7. The third kappa shape index (κ3) is 3.39. The fourth-order valence-corrected chi connectivity index (χ4v) is 4.18. The molecule has 2 aliphatic rings. The highest BCUT2D eigenvalue weighted by Crippen LogP contribution is 2.30. The van der Waals surface area contributed by atoms with Crippen LogP contribution in [-0.4, -0.2) is 48.1 Å². The highest BCUT2D eigenvalue weighted by atomic mass is 32.2. The molecule has 100 valence electrons. The monoisotopic (exact) mass is 256 g/mol. The first-order valence-corrected chi connectivity index (χ1v) is 8.38. The van der Waals surface area contributed by atoms with Crippen LogP contribution in [-0.2, 0) is 0 Å². The van der Waals surface area contributed by atoms with Crippen molar-refractivity contribution in [2.24, 2.45) is 5.92 Å². The number of hydrogen-bond acceptors (Lipinski definition) is 3. The zero-order valence-corrected chi connectivity index (χ0v) is 12.6. The lowest BCUT2D eigenvalue weighted by Crippen LogP contribution is -2.52. The molecule has 0 radical (unpaired) electrons. The normalized spacial score (nSPS) is 44.1. The smallest absolute Gasteiger partial charge is 0.0122 e. The van der Waals surface area contributed by atoms with Crippen molar-refractivity contribution in [3.8, 4) is 0 Å².